The van der Waals surface area contributed by atoms with Crippen LogP contribution in [0.4, 0.5) is 0 Å². The summed E-state index contributed by atoms with van der Waals surface area (Å²) in [6, 6.07) is 8.81. The van der Waals surface area contributed by atoms with Gasteiger partial charge in [0.25, 0.3) is 5.91 Å². The molecule has 1 aromatic carbocycles. The van der Waals surface area contributed by atoms with Gasteiger partial charge in [-0.05, 0) is 31.2 Å². The van der Waals surface area contributed by atoms with Crippen molar-refractivity contribution >= 4 is 18.9 Å². The first-order valence-electron chi connectivity index (χ1n) is 10.7. The van der Waals surface area contributed by atoms with Crippen LogP contribution < -0.4 is 10.6 Å². The second-order valence-corrected chi connectivity index (χ2v) is 7.49. The third kappa shape index (κ3) is 7.81. The van der Waals surface area contributed by atoms with E-state index in [4.69, 9.17) is 4.42 Å². The summed E-state index contributed by atoms with van der Waals surface area (Å²) in [5, 5.41) is 24.9. The van der Waals surface area contributed by atoms with Crippen molar-refractivity contribution < 1.29 is 24.1 Å². The number of hydrogen-bond donors (Lipinski definition) is 4. The lowest BCUT2D eigenvalue weighted by Crippen LogP contribution is -2.54. The maximum absolute atomic E-state index is 13.0. The molecule has 0 radical (unpaired) electrons. The molecule has 0 fully saturated rings. The van der Waals surface area contributed by atoms with Gasteiger partial charge in [0.15, 0.2) is 5.89 Å². The zero-order valence-corrected chi connectivity index (χ0v) is 18.0. The van der Waals surface area contributed by atoms with Gasteiger partial charge < -0.3 is 25.1 Å². The van der Waals surface area contributed by atoms with E-state index in [-0.39, 0.29) is 12.1 Å². The molecule has 0 aliphatic carbocycles. The van der Waals surface area contributed by atoms with Crippen molar-refractivity contribution in [2.75, 3.05) is 0 Å². The number of benzene rings is 1. The van der Waals surface area contributed by atoms with Crippen LogP contribution in [0.2, 0.25) is 0 Å². The van der Waals surface area contributed by atoms with Gasteiger partial charge in [0.1, 0.15) is 18.0 Å². The van der Waals surface area contributed by atoms with Gasteiger partial charge in [-0.1, -0.05) is 30.3 Å². The smallest absolute Gasteiger partial charge is 0.449 e. The van der Waals surface area contributed by atoms with E-state index in [1.807, 2.05) is 30.3 Å². The van der Waals surface area contributed by atoms with Crippen LogP contribution in [0, 0.1) is 0 Å². The minimum atomic E-state index is -1.74. The highest BCUT2D eigenvalue weighted by Crippen LogP contribution is 2.09. The molecule has 33 heavy (non-hydrogen) atoms. The Bertz CT molecular complexity index is 989. The van der Waals surface area contributed by atoms with Crippen LogP contribution >= 0.6 is 0 Å². The van der Waals surface area contributed by atoms with E-state index in [1.54, 1.807) is 0 Å². The molecule has 0 aliphatic rings. The number of nitrogens with one attached hydrogen (secondary N) is 2. The molecule has 11 heteroatoms. The van der Waals surface area contributed by atoms with Gasteiger partial charge in [0.2, 0.25) is 5.91 Å². The molecule has 2 aromatic heterocycles. The summed E-state index contributed by atoms with van der Waals surface area (Å²) in [6.45, 7) is 0. The first-order valence-corrected chi connectivity index (χ1v) is 10.7. The van der Waals surface area contributed by atoms with Crippen LogP contribution in [0.3, 0.4) is 0 Å². The molecule has 0 spiro atoms. The Hall–Kier alpha value is -3.57. The monoisotopic (exact) mass is 451 g/mol. The number of carbonyl (C=O) groups is 2. The van der Waals surface area contributed by atoms with Gasteiger partial charge in [-0.25, -0.2) is 9.97 Å². The molecule has 0 saturated carbocycles. The van der Waals surface area contributed by atoms with Gasteiger partial charge >= 0.3 is 7.12 Å². The van der Waals surface area contributed by atoms with Crippen LogP contribution in [0.25, 0.3) is 0 Å². The van der Waals surface area contributed by atoms with Crippen molar-refractivity contribution in [1.82, 2.24) is 25.6 Å². The zero-order valence-electron chi connectivity index (χ0n) is 18.0. The standard InChI is InChI=1S/C22H26BN5O5/c29-21(28-19(23(31)32)8-4-7-16-5-2-1-3-6-16)17(9-10-20-26-13-14-33-20)27-22(30)18-15-24-11-12-25-18/h1-3,5-6,11-15,17,19,31-32H,4,7-10H2,(H,27,30)(H,28,29). The predicted octanol–water partition coefficient (Wildman–Crippen LogP) is 0.715. The van der Waals surface area contributed by atoms with Crippen LogP contribution in [-0.2, 0) is 17.6 Å². The fourth-order valence-corrected chi connectivity index (χ4v) is 3.31. The summed E-state index contributed by atoms with van der Waals surface area (Å²) in [4.78, 5) is 37.4. The second kappa shape index (κ2) is 12.5. The predicted molar refractivity (Wildman–Crippen MR) is 120 cm³/mol. The fourth-order valence-electron chi connectivity index (χ4n) is 3.31. The van der Waals surface area contributed by atoms with Crippen molar-refractivity contribution in [1.29, 1.82) is 0 Å². The third-order valence-electron chi connectivity index (χ3n) is 5.06. The number of rotatable bonds is 12. The number of oxazole rings is 1. The molecule has 172 valence electrons. The minimum Gasteiger partial charge on any atom is -0.449 e. The fraction of sp³-hybridized carbons (Fsp3) is 0.318. The molecule has 0 saturated heterocycles. The van der Waals surface area contributed by atoms with Crippen LogP contribution in [-0.4, -0.2) is 55.9 Å². The maximum Gasteiger partial charge on any atom is 0.475 e. The summed E-state index contributed by atoms with van der Waals surface area (Å²) in [5.41, 5.74) is 1.18. The quantitative estimate of drug-likeness (QED) is 0.294. The van der Waals surface area contributed by atoms with Crippen LogP contribution in [0.1, 0.15) is 41.2 Å². The summed E-state index contributed by atoms with van der Waals surface area (Å²) in [7, 11) is -1.74. The number of nitrogens with zero attached hydrogens (tertiary/aromatic N) is 3. The Morgan fingerprint density at radius 1 is 1.00 bits per heavy atom. The Labute approximate surface area is 191 Å². The number of aromatic nitrogens is 3. The molecule has 2 amide bonds. The van der Waals surface area contributed by atoms with Gasteiger partial charge in [-0.2, -0.15) is 0 Å². The molecule has 3 rings (SSSR count). The van der Waals surface area contributed by atoms with E-state index < -0.39 is 30.9 Å². The zero-order chi connectivity index (χ0) is 23.5. The van der Waals surface area contributed by atoms with Crippen molar-refractivity contribution in [3.63, 3.8) is 0 Å². The molecule has 2 atom stereocenters. The van der Waals surface area contributed by atoms with Crippen molar-refractivity contribution in [3.8, 4) is 0 Å². The molecule has 3 aromatic rings. The SMILES string of the molecule is O=C(NC(CCc1ncco1)C(=O)NC(CCCc1ccccc1)B(O)O)c1cnccn1. The Kier molecular flexibility index (Phi) is 9.10. The highest BCUT2D eigenvalue weighted by Gasteiger charge is 2.29. The van der Waals surface area contributed by atoms with Crippen molar-refractivity contribution in [3.05, 3.63) is 78.5 Å². The van der Waals surface area contributed by atoms with Gasteiger partial charge in [-0.3, -0.25) is 14.6 Å². The van der Waals surface area contributed by atoms with Crippen molar-refractivity contribution in [2.45, 2.75) is 44.1 Å². The maximum atomic E-state index is 13.0. The molecular weight excluding hydrogens is 425 g/mol. The summed E-state index contributed by atoms with van der Waals surface area (Å²) < 4.78 is 5.21. The number of aryl methyl sites for hydroxylation is 2. The average Bonchev–Trinajstić information content (AvgIpc) is 3.35. The summed E-state index contributed by atoms with van der Waals surface area (Å²) in [5.74, 6) is -1.58. The van der Waals surface area contributed by atoms with Gasteiger partial charge in [-0.15, -0.1) is 0 Å². The molecule has 2 heterocycles. The first kappa shape index (κ1) is 24.1. The molecule has 4 N–H and O–H groups in total. The number of amides is 2. The van der Waals surface area contributed by atoms with Crippen LogP contribution in [0.5, 0.6) is 0 Å². The highest BCUT2D eigenvalue weighted by molar-refractivity contribution is 6.43. The van der Waals surface area contributed by atoms with Crippen molar-refractivity contribution in [2.24, 2.45) is 0 Å². The largest absolute Gasteiger partial charge is 0.475 e. The summed E-state index contributed by atoms with van der Waals surface area (Å²) >= 11 is 0. The Balaban J connectivity index is 1.62. The molecule has 0 bridgehead atoms. The van der Waals surface area contributed by atoms with E-state index in [9.17, 15) is 19.6 Å². The number of carbonyl (C=O) groups excluding carboxylic acids is 2. The van der Waals surface area contributed by atoms with E-state index in [1.165, 1.54) is 31.1 Å². The molecule has 2 unspecified atom stereocenters. The second-order valence-electron chi connectivity index (χ2n) is 7.49. The minimum absolute atomic E-state index is 0.0630. The van der Waals surface area contributed by atoms with E-state index in [2.05, 4.69) is 25.6 Å². The lowest BCUT2D eigenvalue weighted by atomic mass is 9.76. The topological polar surface area (TPSA) is 150 Å². The number of hydrogen-bond acceptors (Lipinski definition) is 8. The normalized spacial score (nSPS) is 12.5. The van der Waals surface area contributed by atoms with Gasteiger partial charge in [0.05, 0.1) is 18.3 Å². The lowest BCUT2D eigenvalue weighted by molar-refractivity contribution is -0.123. The van der Waals surface area contributed by atoms with Gasteiger partial charge in [0, 0.05) is 18.8 Å². The highest BCUT2D eigenvalue weighted by atomic mass is 16.4. The third-order valence-corrected chi connectivity index (χ3v) is 5.06. The Morgan fingerprint density at radius 2 is 1.82 bits per heavy atom. The lowest BCUT2D eigenvalue weighted by Gasteiger charge is -2.23. The molecular formula is C22H26BN5O5. The summed E-state index contributed by atoms with van der Waals surface area (Å²) in [6.07, 6.45) is 9.24. The van der Waals surface area contributed by atoms with Crippen LogP contribution in [0.15, 0.2) is 65.8 Å². The average molecular weight is 451 g/mol. The van der Waals surface area contributed by atoms with E-state index >= 15 is 0 Å². The first-order chi connectivity index (χ1) is 16.0. The Morgan fingerprint density at radius 3 is 2.48 bits per heavy atom. The molecule has 10 nitrogen and oxygen atoms in total. The molecule has 0 aliphatic heterocycles. The van der Waals surface area contributed by atoms with E-state index in [0.717, 1.165) is 12.0 Å². The van der Waals surface area contributed by atoms with E-state index in [0.29, 0.717) is 25.2 Å².